The average Bonchev–Trinajstić information content (AvgIpc) is 2.27. The van der Waals surface area contributed by atoms with E-state index in [1.807, 2.05) is 0 Å². The topological polar surface area (TPSA) is 63.4 Å². The van der Waals surface area contributed by atoms with Crippen LogP contribution in [0.3, 0.4) is 0 Å². The number of halogens is 3. The van der Waals surface area contributed by atoms with E-state index >= 15 is 0 Å². The van der Waals surface area contributed by atoms with Gasteiger partial charge < -0.3 is 10.6 Å². The first-order chi connectivity index (χ1) is 7.89. The molecule has 2 rings (SSSR count). The van der Waals surface area contributed by atoms with E-state index in [9.17, 15) is 12.8 Å². The minimum Gasteiger partial charge on any atom is -0.328 e. The predicted octanol–water partition coefficient (Wildman–Crippen LogP) is 1.17. The van der Waals surface area contributed by atoms with Crippen LogP contribution in [0.2, 0.25) is 0 Å². The Labute approximate surface area is 127 Å². The molecule has 0 aromatic heterocycles. The van der Waals surface area contributed by atoms with E-state index in [1.165, 1.54) is 0 Å². The van der Waals surface area contributed by atoms with Crippen LogP contribution in [0.25, 0.3) is 0 Å². The molecule has 2 aliphatic rings. The summed E-state index contributed by atoms with van der Waals surface area (Å²) in [6.45, 7) is 2.04. The molecule has 4 nitrogen and oxygen atoms in total. The van der Waals surface area contributed by atoms with Crippen molar-refractivity contribution in [2.24, 2.45) is 5.73 Å². The highest BCUT2D eigenvalue weighted by Gasteiger charge is 2.39. The third-order valence-electron chi connectivity index (χ3n) is 3.86. The fourth-order valence-corrected chi connectivity index (χ4v) is 4.13. The number of hydrogen-bond donors (Lipinski definition) is 1. The molecule has 0 spiro atoms. The minimum absolute atomic E-state index is 0. The van der Waals surface area contributed by atoms with Crippen molar-refractivity contribution >= 4 is 34.7 Å². The number of likely N-dealkylation sites (tertiary alicyclic amines) is 1. The molecule has 0 bridgehead atoms. The predicted molar refractivity (Wildman–Crippen MR) is 79.9 cm³/mol. The number of piperidine rings is 1. The summed E-state index contributed by atoms with van der Waals surface area (Å²) in [4.78, 5) is 2.08. The van der Waals surface area contributed by atoms with Crippen molar-refractivity contribution in [3.63, 3.8) is 0 Å². The van der Waals surface area contributed by atoms with E-state index in [4.69, 9.17) is 5.73 Å². The van der Waals surface area contributed by atoms with Crippen LogP contribution in [0, 0.1) is 0 Å². The van der Waals surface area contributed by atoms with Gasteiger partial charge in [0.15, 0.2) is 9.84 Å². The number of alkyl halides is 1. The fraction of sp³-hybridized carbons (Fsp3) is 1.00. The summed E-state index contributed by atoms with van der Waals surface area (Å²) in [5.74, 6) is -0.00624. The van der Waals surface area contributed by atoms with E-state index in [2.05, 4.69) is 4.90 Å². The number of rotatable bonds is 2. The molecule has 116 valence electrons. The molecule has 8 heteroatoms. The van der Waals surface area contributed by atoms with Gasteiger partial charge in [0.05, 0.1) is 11.5 Å². The van der Waals surface area contributed by atoms with Gasteiger partial charge in [-0.3, -0.25) is 0 Å². The lowest BCUT2D eigenvalue weighted by Crippen LogP contribution is -2.49. The van der Waals surface area contributed by atoms with Gasteiger partial charge in [-0.1, -0.05) is 0 Å². The second-order valence-corrected chi connectivity index (χ2v) is 7.72. The molecular weight excluding hydrogens is 314 g/mol. The van der Waals surface area contributed by atoms with Crippen molar-refractivity contribution in [2.75, 3.05) is 31.1 Å². The third-order valence-corrected chi connectivity index (χ3v) is 5.51. The second-order valence-electron chi connectivity index (χ2n) is 5.42. The van der Waals surface area contributed by atoms with Crippen molar-refractivity contribution in [3.8, 4) is 0 Å². The number of hydrogen-bond acceptors (Lipinski definition) is 4. The maximum Gasteiger partial charge on any atom is 0.150 e. The van der Waals surface area contributed by atoms with E-state index in [1.54, 1.807) is 0 Å². The molecule has 0 saturated carbocycles. The number of sulfone groups is 1. The summed E-state index contributed by atoms with van der Waals surface area (Å²) in [6.07, 6.45) is 2.12. The third kappa shape index (κ3) is 5.71. The Kier molecular flexibility index (Phi) is 7.55. The highest BCUT2D eigenvalue weighted by atomic mass is 35.5. The van der Waals surface area contributed by atoms with Crippen LogP contribution in [0.1, 0.15) is 25.7 Å². The van der Waals surface area contributed by atoms with Gasteiger partial charge in [0, 0.05) is 12.6 Å². The van der Waals surface area contributed by atoms with E-state index in [0.29, 0.717) is 6.54 Å². The zero-order valence-corrected chi connectivity index (χ0v) is 13.3. The molecular formula is C11H23Cl2FN2O2S. The molecule has 0 atom stereocenters. The summed E-state index contributed by atoms with van der Waals surface area (Å²) < 4.78 is 37.0. The first kappa shape index (κ1) is 19.4. The first-order valence-electron chi connectivity index (χ1n) is 6.26. The van der Waals surface area contributed by atoms with Crippen LogP contribution in [0.4, 0.5) is 4.39 Å². The van der Waals surface area contributed by atoms with Crippen molar-refractivity contribution in [1.29, 1.82) is 0 Å². The molecule has 0 unspecified atom stereocenters. The zero-order chi connectivity index (χ0) is 12.5. The lowest BCUT2D eigenvalue weighted by atomic mass is 9.96. The van der Waals surface area contributed by atoms with Gasteiger partial charge in [-0.05, 0) is 38.8 Å². The van der Waals surface area contributed by atoms with Gasteiger partial charge in [0.1, 0.15) is 5.67 Å². The lowest BCUT2D eigenvalue weighted by Gasteiger charge is -2.37. The van der Waals surface area contributed by atoms with E-state index in [0.717, 1.165) is 25.9 Å². The molecule has 0 aromatic carbocycles. The number of nitrogens with zero attached hydrogens (tertiary/aromatic N) is 1. The maximum atomic E-state index is 14.5. The van der Waals surface area contributed by atoms with Crippen LogP contribution in [-0.4, -0.2) is 56.2 Å². The monoisotopic (exact) mass is 336 g/mol. The molecule has 2 aliphatic heterocycles. The standard InChI is InChI=1S/C11H21FN2O2S.2ClH/c12-11(3-7-17(15,16)8-4-11)9-14-5-1-10(13)2-6-14;;/h10H,1-9,13H2;2*1H. The maximum absolute atomic E-state index is 14.5. The minimum atomic E-state index is -2.98. The summed E-state index contributed by atoms with van der Waals surface area (Å²) in [7, 11) is -2.98. The summed E-state index contributed by atoms with van der Waals surface area (Å²) in [5.41, 5.74) is 4.49. The number of nitrogens with two attached hydrogens (primary N) is 1. The van der Waals surface area contributed by atoms with Crippen molar-refractivity contribution in [3.05, 3.63) is 0 Å². The van der Waals surface area contributed by atoms with Crippen LogP contribution in [0.5, 0.6) is 0 Å². The quantitative estimate of drug-likeness (QED) is 0.822. The first-order valence-corrected chi connectivity index (χ1v) is 8.08. The Bertz CT molecular complexity index is 359. The van der Waals surface area contributed by atoms with Gasteiger partial charge in [0.25, 0.3) is 0 Å². The Hall–Kier alpha value is 0.380. The van der Waals surface area contributed by atoms with Gasteiger partial charge in [-0.25, -0.2) is 12.8 Å². The van der Waals surface area contributed by atoms with E-state index < -0.39 is 15.5 Å². The molecule has 2 N–H and O–H groups in total. The Morgan fingerprint density at radius 3 is 2.11 bits per heavy atom. The normalized spacial score (nSPS) is 27.1. The Morgan fingerprint density at radius 2 is 1.63 bits per heavy atom. The molecule has 0 radical (unpaired) electrons. The SMILES string of the molecule is Cl.Cl.NC1CCN(CC2(F)CCS(=O)(=O)CC2)CC1. The smallest absolute Gasteiger partial charge is 0.150 e. The van der Waals surface area contributed by atoms with Gasteiger partial charge in [0.2, 0.25) is 0 Å². The van der Waals surface area contributed by atoms with Crippen molar-refractivity contribution in [2.45, 2.75) is 37.4 Å². The summed E-state index contributed by atoms with van der Waals surface area (Å²) in [6, 6.07) is 0.244. The van der Waals surface area contributed by atoms with Gasteiger partial charge in [-0.15, -0.1) is 24.8 Å². The van der Waals surface area contributed by atoms with Crippen LogP contribution in [0.15, 0.2) is 0 Å². The van der Waals surface area contributed by atoms with Crippen LogP contribution in [-0.2, 0) is 9.84 Å². The summed E-state index contributed by atoms with van der Waals surface area (Å²) in [5, 5.41) is 0. The summed E-state index contributed by atoms with van der Waals surface area (Å²) >= 11 is 0. The highest BCUT2D eigenvalue weighted by Crippen LogP contribution is 2.29. The molecule has 2 saturated heterocycles. The Morgan fingerprint density at radius 1 is 1.16 bits per heavy atom. The Balaban J connectivity index is 0.00000162. The highest BCUT2D eigenvalue weighted by molar-refractivity contribution is 7.91. The molecule has 2 heterocycles. The van der Waals surface area contributed by atoms with Crippen molar-refractivity contribution in [1.82, 2.24) is 4.90 Å². The second kappa shape index (κ2) is 7.41. The largest absolute Gasteiger partial charge is 0.328 e. The van der Waals surface area contributed by atoms with Gasteiger partial charge in [-0.2, -0.15) is 0 Å². The van der Waals surface area contributed by atoms with E-state index in [-0.39, 0.29) is 55.2 Å². The molecule has 2 fully saturated rings. The molecule has 0 aromatic rings. The van der Waals surface area contributed by atoms with Crippen molar-refractivity contribution < 1.29 is 12.8 Å². The fourth-order valence-electron chi connectivity index (χ4n) is 2.57. The molecule has 19 heavy (non-hydrogen) atoms. The molecule has 0 aliphatic carbocycles. The average molecular weight is 337 g/mol. The zero-order valence-electron chi connectivity index (χ0n) is 10.9. The van der Waals surface area contributed by atoms with Crippen LogP contribution >= 0.6 is 24.8 Å². The van der Waals surface area contributed by atoms with Crippen LogP contribution < -0.4 is 5.73 Å². The molecule has 0 amide bonds. The van der Waals surface area contributed by atoms with Gasteiger partial charge >= 0.3 is 0 Å². The lowest BCUT2D eigenvalue weighted by molar-refractivity contribution is 0.0688.